The summed E-state index contributed by atoms with van der Waals surface area (Å²) in [5, 5.41) is 63.1. The first-order valence-corrected chi connectivity index (χ1v) is 29.7. The zero-order chi connectivity index (χ0) is 65.5. The molecule has 3 aliphatic rings. The molecule has 0 saturated carbocycles. The maximum absolute atomic E-state index is 14.8. The number of likely N-dealkylation sites (N-methyl/N-ethyl adjacent to an activating group) is 2. The van der Waals surface area contributed by atoms with Gasteiger partial charge in [0.05, 0.1) is 66.1 Å². The van der Waals surface area contributed by atoms with Crippen LogP contribution < -0.4 is 31.7 Å². The van der Waals surface area contributed by atoms with Crippen LogP contribution in [0.4, 0.5) is 10.5 Å². The van der Waals surface area contributed by atoms with Crippen LogP contribution >= 0.6 is 0 Å². The Morgan fingerprint density at radius 1 is 0.828 bits per heavy atom. The molecule has 1 aromatic carbocycles. The normalized spacial score (nSPS) is 23.1. The zero-order valence-electron chi connectivity index (χ0n) is 52.8. The Morgan fingerprint density at radius 2 is 1.49 bits per heavy atom. The van der Waals surface area contributed by atoms with Gasteiger partial charge in [0.1, 0.15) is 67.0 Å². The first kappa shape index (κ1) is 72.9. The lowest BCUT2D eigenvalue weighted by molar-refractivity contribution is -0.271. The number of hydrogen-bond acceptors (Lipinski definition) is 18. The number of aliphatic hydroxyl groups excluding tert-OH is 4. The van der Waals surface area contributed by atoms with E-state index in [1.54, 1.807) is 91.6 Å². The number of ether oxygens (including phenoxy) is 5. The Bertz CT molecular complexity index is 2630. The fraction of sp³-hybridized carbons (Fsp3) is 0.672. The lowest BCUT2D eigenvalue weighted by Gasteiger charge is -2.41. The summed E-state index contributed by atoms with van der Waals surface area (Å²) in [6.45, 7) is 19.0. The van der Waals surface area contributed by atoms with Crippen LogP contribution in [0.2, 0.25) is 0 Å². The molecule has 1 aliphatic carbocycles. The van der Waals surface area contributed by atoms with Crippen LogP contribution in [-0.2, 0) is 59.1 Å². The third-order valence-corrected chi connectivity index (χ3v) is 16.5. The molecular formula is C61H95N8O18+. The van der Waals surface area contributed by atoms with Crippen LogP contribution in [-0.4, -0.2) is 214 Å². The number of rotatable bonds is 30. The number of methoxy groups -OCH3 is 2. The number of nitrogens with two attached hydrogens (primary N) is 1. The maximum atomic E-state index is 14.8. The fourth-order valence-electron chi connectivity index (χ4n) is 10.9. The number of aliphatic carboxylic acids is 1. The average molecular weight is 1230 g/mol. The van der Waals surface area contributed by atoms with Crippen molar-refractivity contribution in [2.24, 2.45) is 35.3 Å². The van der Waals surface area contributed by atoms with E-state index in [4.69, 9.17) is 29.4 Å². The van der Waals surface area contributed by atoms with Crippen LogP contribution in [0.3, 0.4) is 0 Å². The molecule has 26 nitrogen and oxygen atoms in total. The van der Waals surface area contributed by atoms with Gasteiger partial charge >= 0.3 is 12.1 Å². The van der Waals surface area contributed by atoms with E-state index in [2.05, 4.69) is 27.3 Å². The van der Waals surface area contributed by atoms with Gasteiger partial charge < -0.3 is 86.0 Å². The summed E-state index contributed by atoms with van der Waals surface area (Å²) in [6, 6.07) is -2.17. The molecule has 2 fully saturated rings. The minimum atomic E-state index is -2.04. The molecule has 0 radical (unpaired) electrons. The molecule has 1 aromatic rings. The second-order valence-electron chi connectivity index (χ2n) is 23.9. The quantitative estimate of drug-likeness (QED) is 0.0491. The van der Waals surface area contributed by atoms with Gasteiger partial charge in [-0.05, 0) is 68.1 Å². The fourth-order valence-corrected chi connectivity index (χ4v) is 10.9. The molecule has 0 aromatic heterocycles. The number of carbonyl (C=O) groups is 8. The molecule has 0 bridgehead atoms. The van der Waals surface area contributed by atoms with Crippen molar-refractivity contribution in [3.05, 3.63) is 59.7 Å². The van der Waals surface area contributed by atoms with Crippen LogP contribution in [0.15, 0.2) is 48.1 Å². The highest BCUT2D eigenvalue weighted by atomic mass is 16.7. The molecule has 2 heterocycles. The highest BCUT2D eigenvalue weighted by Crippen LogP contribution is 2.33. The molecule has 2 saturated heterocycles. The number of aliphatic hydroxyl groups is 4. The van der Waals surface area contributed by atoms with Gasteiger partial charge in [0, 0.05) is 47.0 Å². The molecule has 486 valence electrons. The Hall–Kier alpha value is -6.61. The van der Waals surface area contributed by atoms with E-state index in [-0.39, 0.29) is 47.1 Å². The number of nitrogens with zero attached hydrogens (tertiary/aromatic N) is 3. The molecule has 4 rings (SSSR count). The predicted molar refractivity (Wildman–Crippen MR) is 319 cm³/mol. The van der Waals surface area contributed by atoms with Gasteiger partial charge in [-0.15, -0.1) is 0 Å². The number of carboxylic acid groups (broad SMARTS) is 1. The summed E-state index contributed by atoms with van der Waals surface area (Å²) < 4.78 is 28.9. The van der Waals surface area contributed by atoms with Crippen molar-refractivity contribution in [2.45, 2.75) is 200 Å². The lowest BCUT2D eigenvalue weighted by Crippen LogP contribution is -2.61. The summed E-state index contributed by atoms with van der Waals surface area (Å²) in [4.78, 5) is 114. The van der Waals surface area contributed by atoms with E-state index in [9.17, 15) is 63.9 Å². The standard InChI is InChI=1S/C61H94N8O18/c1-16-33(8)47(42(83-14)28-43(70)69-26-20-23-40(69)52(84-15)34(9)54(75)63-35(10)48(71)38-21-18-17-19-22-38)67(12)58(79)45(31(4)5)66-57(78)46(32(6)7)68(13)61(82)85-29-37-24-25-39(65-55(76)36(11)64-56(77)44(62)30(2)3)41(27-37)86-60-51(74)49(72)50(73)53(87-60)59(80)81/h17-18,21-22,24-25,27,30-36,40,42,44-53,60,71-74H,16,20,23,26,28-29,62H2,1-15H3,(H4-,63,64,65,66,75,76,77,78,80,81)/p+1/t33-,34+,35+,36-,40-,42+,44-,45-,46-,47-,48+,49-,50-,51+,52+,53-,60+/m0/s1. The van der Waals surface area contributed by atoms with Crippen LogP contribution in [0.5, 0.6) is 5.75 Å². The Labute approximate surface area is 510 Å². The first-order valence-electron chi connectivity index (χ1n) is 29.7. The van der Waals surface area contributed by atoms with E-state index in [0.717, 1.165) is 4.90 Å². The van der Waals surface area contributed by atoms with Crippen molar-refractivity contribution in [3.8, 4) is 5.75 Å². The highest BCUT2D eigenvalue weighted by Gasteiger charge is 2.49. The monoisotopic (exact) mass is 1230 g/mol. The summed E-state index contributed by atoms with van der Waals surface area (Å²) in [7, 11) is 5.91. The van der Waals surface area contributed by atoms with E-state index in [1.165, 1.54) is 51.3 Å². The molecule has 2 aliphatic heterocycles. The summed E-state index contributed by atoms with van der Waals surface area (Å²) >= 11 is 0. The number of hydrogen-bond donors (Lipinski definition) is 10. The van der Waals surface area contributed by atoms with Crippen molar-refractivity contribution in [1.82, 2.24) is 30.7 Å². The molecule has 26 heteroatoms. The molecule has 11 N–H and O–H groups in total. The van der Waals surface area contributed by atoms with E-state index in [1.807, 2.05) is 13.8 Å². The predicted octanol–water partition coefficient (Wildman–Crippen LogP) is 1.76. The SMILES string of the molecule is CC[C@H](C)[C@@H]([C@@H](CC(=O)N1CCC[C@H]1[C@H](OC)[C@@H](C)C(=O)N[C@H](C)[C@@H](O)C1=CC=C[C+]=C1)OC)N(C)C(=O)[C@@H](NC(=O)[C@H](C(C)C)N(C)C(=O)OCc1ccc(NC(=O)[C@H](C)NC(=O)[C@@H](N)C(C)C)c(O[C@@H]2O[C@H](C(=O)O)[C@@H](O)[C@H](O)[C@H]2O)c1)C(C)C. The van der Waals surface area contributed by atoms with Crippen molar-refractivity contribution in [1.29, 1.82) is 0 Å². The van der Waals surface area contributed by atoms with E-state index in [0.29, 0.717) is 31.4 Å². The summed E-state index contributed by atoms with van der Waals surface area (Å²) in [5.74, 6) is -7.28. The number of carbonyl (C=O) groups excluding carboxylic acids is 7. The van der Waals surface area contributed by atoms with Crippen molar-refractivity contribution in [3.63, 3.8) is 0 Å². The minimum Gasteiger partial charge on any atom is -0.479 e. The van der Waals surface area contributed by atoms with Crippen LogP contribution in [0.25, 0.3) is 0 Å². The third-order valence-electron chi connectivity index (χ3n) is 16.5. The van der Waals surface area contributed by atoms with Gasteiger partial charge in [-0.2, -0.15) is 0 Å². The smallest absolute Gasteiger partial charge is 0.410 e. The number of benzene rings is 1. The molecule has 17 atom stereocenters. The van der Waals surface area contributed by atoms with Crippen molar-refractivity contribution < 1.29 is 87.6 Å². The van der Waals surface area contributed by atoms with Gasteiger partial charge in [0.15, 0.2) is 6.10 Å². The average Bonchev–Trinajstić information content (AvgIpc) is 3.12. The van der Waals surface area contributed by atoms with Crippen LogP contribution in [0.1, 0.15) is 107 Å². The van der Waals surface area contributed by atoms with Gasteiger partial charge in [-0.3, -0.25) is 33.7 Å². The summed E-state index contributed by atoms with van der Waals surface area (Å²) in [6.07, 6.45) is -2.05. The minimum absolute atomic E-state index is 0.101. The third kappa shape index (κ3) is 18.7. The summed E-state index contributed by atoms with van der Waals surface area (Å²) in [5.41, 5.74) is 6.65. The number of anilines is 1. The Kier molecular flexibility index (Phi) is 27.7. The first-order chi connectivity index (χ1) is 40.8. The van der Waals surface area contributed by atoms with Crippen molar-refractivity contribution in [2.75, 3.05) is 40.2 Å². The number of carboxylic acids is 1. The Balaban J connectivity index is 1.51. The molecular weight excluding hydrogens is 1130 g/mol. The molecule has 87 heavy (non-hydrogen) atoms. The van der Waals surface area contributed by atoms with Gasteiger partial charge in [-0.25, -0.2) is 9.59 Å². The zero-order valence-corrected chi connectivity index (χ0v) is 52.8. The molecule has 7 amide bonds. The number of amides is 7. The van der Waals surface area contributed by atoms with Gasteiger partial charge in [-0.1, -0.05) is 74.8 Å². The van der Waals surface area contributed by atoms with Gasteiger partial charge in [0.2, 0.25) is 41.7 Å². The van der Waals surface area contributed by atoms with E-state index < -0.39 is 151 Å². The highest BCUT2D eigenvalue weighted by molar-refractivity contribution is 5.98. The number of allylic oxidation sites excluding steroid dienone is 4. The maximum Gasteiger partial charge on any atom is 0.410 e. The van der Waals surface area contributed by atoms with Gasteiger partial charge in [0.25, 0.3) is 0 Å². The van der Waals surface area contributed by atoms with Crippen molar-refractivity contribution >= 4 is 53.2 Å². The Morgan fingerprint density at radius 3 is 2.06 bits per heavy atom. The molecule has 0 spiro atoms. The number of likely N-dealkylation sites (tertiary alicyclic amines) is 1. The largest absolute Gasteiger partial charge is 0.479 e. The topological polar surface area (TPSA) is 368 Å². The second kappa shape index (κ2) is 33.1. The second-order valence-corrected chi connectivity index (χ2v) is 23.9. The van der Waals surface area contributed by atoms with Crippen LogP contribution in [0, 0.1) is 35.7 Å². The molecule has 0 unspecified atom stereocenters. The van der Waals surface area contributed by atoms with E-state index >= 15 is 0 Å². The number of nitrogens with one attached hydrogen (secondary N) is 4. The lowest BCUT2D eigenvalue weighted by atomic mass is 9.89.